The summed E-state index contributed by atoms with van der Waals surface area (Å²) < 4.78 is 24.6. The van der Waals surface area contributed by atoms with Gasteiger partial charge in [0.05, 0.1) is 12.2 Å². The van der Waals surface area contributed by atoms with Crippen molar-refractivity contribution < 1.29 is 13.9 Å². The van der Waals surface area contributed by atoms with E-state index in [0.29, 0.717) is 23.5 Å². The maximum atomic E-state index is 13.6. The van der Waals surface area contributed by atoms with Crippen LogP contribution in [-0.2, 0) is 4.74 Å². The number of nitrogens with two attached hydrogens (primary N) is 1. The number of rotatable bonds is 6. The van der Waals surface area contributed by atoms with Crippen LogP contribution in [0.25, 0.3) is 0 Å². The summed E-state index contributed by atoms with van der Waals surface area (Å²) in [6.07, 6.45) is 0.748. The van der Waals surface area contributed by atoms with E-state index in [-0.39, 0.29) is 17.5 Å². The van der Waals surface area contributed by atoms with E-state index in [9.17, 15) is 4.39 Å². The van der Waals surface area contributed by atoms with Crippen LogP contribution in [0, 0.1) is 12.7 Å². The minimum Gasteiger partial charge on any atom is -0.493 e. The van der Waals surface area contributed by atoms with E-state index < -0.39 is 0 Å². The highest BCUT2D eigenvalue weighted by Crippen LogP contribution is 2.27. The van der Waals surface area contributed by atoms with E-state index in [1.54, 1.807) is 20.1 Å². The molecule has 3 nitrogen and oxygen atoms in total. The van der Waals surface area contributed by atoms with Gasteiger partial charge < -0.3 is 15.2 Å². The first-order valence-corrected chi connectivity index (χ1v) is 6.50. The highest BCUT2D eigenvalue weighted by molar-refractivity contribution is 5.39. The summed E-state index contributed by atoms with van der Waals surface area (Å²) in [5.41, 5.74) is 6.87. The molecular formula is C15H24FNO2. The Morgan fingerprint density at radius 1 is 1.37 bits per heavy atom. The Morgan fingerprint density at radius 2 is 2.00 bits per heavy atom. The van der Waals surface area contributed by atoms with Crippen LogP contribution in [0.15, 0.2) is 12.1 Å². The molecule has 0 heterocycles. The number of methoxy groups -OCH3 is 1. The molecule has 0 radical (unpaired) electrons. The van der Waals surface area contributed by atoms with Gasteiger partial charge in [-0.25, -0.2) is 4.39 Å². The first kappa shape index (κ1) is 15.9. The second-order valence-corrected chi connectivity index (χ2v) is 5.49. The van der Waals surface area contributed by atoms with Gasteiger partial charge >= 0.3 is 0 Å². The summed E-state index contributed by atoms with van der Waals surface area (Å²) in [6.45, 7) is 8.03. The highest BCUT2D eigenvalue weighted by atomic mass is 19.1. The van der Waals surface area contributed by atoms with Gasteiger partial charge in [0.25, 0.3) is 0 Å². The zero-order chi connectivity index (χ0) is 14.6. The smallest absolute Gasteiger partial charge is 0.126 e. The predicted octanol–water partition coefficient (Wildman–Crippen LogP) is 3.35. The van der Waals surface area contributed by atoms with Crippen molar-refractivity contribution in [2.75, 3.05) is 13.7 Å². The van der Waals surface area contributed by atoms with E-state index in [2.05, 4.69) is 0 Å². The third kappa shape index (κ3) is 4.48. The monoisotopic (exact) mass is 269 g/mol. The lowest BCUT2D eigenvalue weighted by molar-refractivity contribution is 0.00535. The van der Waals surface area contributed by atoms with Crippen LogP contribution in [0.5, 0.6) is 5.75 Å². The summed E-state index contributed by atoms with van der Waals surface area (Å²) in [4.78, 5) is 0. The molecule has 0 aliphatic rings. The van der Waals surface area contributed by atoms with Crippen LogP contribution >= 0.6 is 0 Å². The van der Waals surface area contributed by atoms with Crippen molar-refractivity contribution in [3.8, 4) is 5.75 Å². The molecule has 1 rings (SSSR count). The van der Waals surface area contributed by atoms with Crippen LogP contribution in [0.2, 0.25) is 0 Å². The number of hydrogen-bond donors (Lipinski definition) is 1. The van der Waals surface area contributed by atoms with Crippen molar-refractivity contribution in [3.63, 3.8) is 0 Å². The standard InChI is InChI=1S/C15H24FNO2/c1-10-8-14(12(11(2)17)9-13(10)16)19-7-6-15(3,4)18-5/h8-9,11H,6-7,17H2,1-5H3. The Morgan fingerprint density at radius 3 is 2.53 bits per heavy atom. The Bertz CT molecular complexity index is 430. The Balaban J connectivity index is 2.80. The van der Waals surface area contributed by atoms with Gasteiger partial charge in [0.2, 0.25) is 0 Å². The fourth-order valence-electron chi connectivity index (χ4n) is 1.66. The average Bonchev–Trinajstić information content (AvgIpc) is 2.32. The highest BCUT2D eigenvalue weighted by Gasteiger charge is 2.17. The summed E-state index contributed by atoms with van der Waals surface area (Å²) in [5.74, 6) is 0.401. The van der Waals surface area contributed by atoms with Gasteiger partial charge in [-0.05, 0) is 45.4 Å². The van der Waals surface area contributed by atoms with E-state index in [1.807, 2.05) is 20.8 Å². The topological polar surface area (TPSA) is 44.5 Å². The molecule has 4 heteroatoms. The maximum absolute atomic E-state index is 13.6. The molecule has 2 N–H and O–H groups in total. The molecular weight excluding hydrogens is 245 g/mol. The van der Waals surface area contributed by atoms with Crippen molar-refractivity contribution in [2.24, 2.45) is 5.73 Å². The molecule has 0 aromatic heterocycles. The van der Waals surface area contributed by atoms with Gasteiger partial charge in [-0.3, -0.25) is 0 Å². The summed E-state index contributed by atoms with van der Waals surface area (Å²) in [5, 5.41) is 0. The number of aryl methyl sites for hydroxylation is 1. The molecule has 0 fully saturated rings. The van der Waals surface area contributed by atoms with E-state index >= 15 is 0 Å². The normalized spacial score (nSPS) is 13.4. The number of halogens is 1. The fraction of sp³-hybridized carbons (Fsp3) is 0.600. The molecule has 19 heavy (non-hydrogen) atoms. The Labute approximate surface area is 114 Å². The van der Waals surface area contributed by atoms with Crippen LogP contribution < -0.4 is 10.5 Å². The molecule has 0 aliphatic carbocycles. The van der Waals surface area contributed by atoms with Crippen molar-refractivity contribution in [1.29, 1.82) is 0 Å². The molecule has 1 aromatic rings. The van der Waals surface area contributed by atoms with Gasteiger partial charge in [-0.2, -0.15) is 0 Å². The molecule has 108 valence electrons. The zero-order valence-electron chi connectivity index (χ0n) is 12.4. The molecule has 1 unspecified atom stereocenters. The van der Waals surface area contributed by atoms with Gasteiger partial charge in [0.15, 0.2) is 0 Å². The number of ether oxygens (including phenoxy) is 2. The minimum atomic E-state index is -0.263. The average molecular weight is 269 g/mol. The lowest BCUT2D eigenvalue weighted by Crippen LogP contribution is -2.25. The van der Waals surface area contributed by atoms with Crippen LogP contribution in [0.3, 0.4) is 0 Å². The third-order valence-electron chi connectivity index (χ3n) is 3.30. The quantitative estimate of drug-likeness (QED) is 0.861. The van der Waals surface area contributed by atoms with Crippen molar-refractivity contribution in [2.45, 2.75) is 45.8 Å². The molecule has 0 amide bonds. The first-order chi connectivity index (χ1) is 8.76. The van der Waals surface area contributed by atoms with Crippen molar-refractivity contribution >= 4 is 0 Å². The predicted molar refractivity (Wildman–Crippen MR) is 74.9 cm³/mol. The Kier molecular flexibility index (Phi) is 5.32. The summed E-state index contributed by atoms with van der Waals surface area (Å²) in [7, 11) is 1.68. The molecule has 0 spiro atoms. The van der Waals surface area contributed by atoms with Crippen LogP contribution in [-0.4, -0.2) is 19.3 Å². The lowest BCUT2D eigenvalue weighted by Gasteiger charge is -2.23. The number of hydrogen-bond acceptors (Lipinski definition) is 3. The SMILES string of the molecule is COC(C)(C)CCOc1cc(C)c(F)cc1C(C)N. The number of benzene rings is 1. The lowest BCUT2D eigenvalue weighted by atomic mass is 10.0. The zero-order valence-corrected chi connectivity index (χ0v) is 12.4. The second kappa shape index (κ2) is 6.35. The Hall–Kier alpha value is -1.13. The van der Waals surface area contributed by atoms with Crippen LogP contribution in [0.1, 0.15) is 44.4 Å². The van der Waals surface area contributed by atoms with E-state index in [0.717, 1.165) is 6.42 Å². The largest absolute Gasteiger partial charge is 0.493 e. The summed E-state index contributed by atoms with van der Waals surface area (Å²) in [6, 6.07) is 2.89. The molecule has 0 aliphatic heterocycles. The van der Waals surface area contributed by atoms with Gasteiger partial charge in [0, 0.05) is 25.1 Å². The molecule has 1 aromatic carbocycles. The fourth-order valence-corrected chi connectivity index (χ4v) is 1.66. The molecule has 0 bridgehead atoms. The minimum absolute atomic E-state index is 0.233. The maximum Gasteiger partial charge on any atom is 0.126 e. The second-order valence-electron chi connectivity index (χ2n) is 5.49. The van der Waals surface area contributed by atoms with Gasteiger partial charge in [-0.1, -0.05) is 0 Å². The van der Waals surface area contributed by atoms with Crippen molar-refractivity contribution in [1.82, 2.24) is 0 Å². The van der Waals surface area contributed by atoms with Crippen LogP contribution in [0.4, 0.5) is 4.39 Å². The van der Waals surface area contributed by atoms with E-state index in [4.69, 9.17) is 15.2 Å². The molecule has 0 saturated carbocycles. The van der Waals surface area contributed by atoms with Gasteiger partial charge in [0.1, 0.15) is 11.6 Å². The first-order valence-electron chi connectivity index (χ1n) is 6.50. The molecule has 1 atom stereocenters. The summed E-state index contributed by atoms with van der Waals surface area (Å²) >= 11 is 0. The van der Waals surface area contributed by atoms with Gasteiger partial charge in [-0.15, -0.1) is 0 Å². The molecule has 0 saturated heterocycles. The van der Waals surface area contributed by atoms with Crippen molar-refractivity contribution in [3.05, 3.63) is 29.1 Å². The van der Waals surface area contributed by atoms with E-state index in [1.165, 1.54) is 6.07 Å². The third-order valence-corrected chi connectivity index (χ3v) is 3.30.